The van der Waals surface area contributed by atoms with Gasteiger partial charge < -0.3 is 4.90 Å². The van der Waals surface area contributed by atoms with Crippen LogP contribution in [0.15, 0.2) is 52.4 Å². The highest BCUT2D eigenvalue weighted by atomic mass is 32.2. The Morgan fingerprint density at radius 2 is 1.90 bits per heavy atom. The summed E-state index contributed by atoms with van der Waals surface area (Å²) in [6.07, 6.45) is 0. The molecule has 1 amide bonds. The molecule has 0 saturated heterocycles. The van der Waals surface area contributed by atoms with Crippen molar-refractivity contribution in [1.82, 2.24) is 14.5 Å². The molecule has 3 rings (SSSR count). The Balaban J connectivity index is 2.10. The van der Waals surface area contributed by atoms with Crippen molar-refractivity contribution in [1.29, 1.82) is 5.26 Å². The summed E-state index contributed by atoms with van der Waals surface area (Å²) < 4.78 is 1.58. The van der Waals surface area contributed by atoms with Crippen LogP contribution in [-0.2, 0) is 4.79 Å². The minimum Gasteiger partial charge on any atom is -0.327 e. The van der Waals surface area contributed by atoms with E-state index in [0.717, 1.165) is 16.8 Å². The first-order chi connectivity index (χ1) is 14.2. The van der Waals surface area contributed by atoms with Gasteiger partial charge in [-0.25, -0.2) is 4.98 Å². The van der Waals surface area contributed by atoms with Crippen molar-refractivity contribution in [2.45, 2.75) is 38.4 Å². The fourth-order valence-corrected chi connectivity index (χ4v) is 3.93. The third-order valence-electron chi connectivity index (χ3n) is 5.37. The normalized spacial score (nSPS) is 11.3. The number of hydrogen-bond donors (Lipinski definition) is 0. The van der Waals surface area contributed by atoms with Crippen molar-refractivity contribution in [3.8, 4) is 11.8 Å². The molecule has 0 saturated carbocycles. The molecule has 0 atom stereocenters. The molecular weight excluding hydrogens is 396 g/mol. The van der Waals surface area contributed by atoms with Gasteiger partial charge >= 0.3 is 0 Å². The van der Waals surface area contributed by atoms with Gasteiger partial charge in [-0.1, -0.05) is 36.0 Å². The van der Waals surface area contributed by atoms with E-state index in [1.807, 2.05) is 44.2 Å². The molecule has 0 unspecified atom stereocenters. The first-order valence-corrected chi connectivity index (χ1v) is 10.5. The zero-order valence-electron chi connectivity index (χ0n) is 17.8. The molecule has 1 aromatic heterocycles. The average molecular weight is 421 g/mol. The van der Waals surface area contributed by atoms with Crippen LogP contribution in [0.25, 0.3) is 16.6 Å². The van der Waals surface area contributed by atoms with Gasteiger partial charge in [0.2, 0.25) is 5.91 Å². The van der Waals surface area contributed by atoms with Crippen molar-refractivity contribution in [3.63, 3.8) is 0 Å². The smallest absolute Gasteiger partial charge is 0.266 e. The molecule has 154 valence electrons. The number of fused-ring (bicyclic) bond motifs is 1. The second kappa shape index (κ2) is 8.33. The second-order valence-corrected chi connectivity index (χ2v) is 8.63. The lowest BCUT2D eigenvalue weighted by Gasteiger charge is -2.29. The number of hydrogen-bond acceptors (Lipinski definition) is 5. The molecule has 6 nitrogen and oxygen atoms in total. The summed E-state index contributed by atoms with van der Waals surface area (Å²) >= 11 is 1.20. The van der Waals surface area contributed by atoms with Gasteiger partial charge in [-0.2, -0.15) is 5.26 Å². The summed E-state index contributed by atoms with van der Waals surface area (Å²) in [5, 5.41) is 10.3. The summed E-state index contributed by atoms with van der Waals surface area (Å²) in [5.74, 6) is -0.140. The third-order valence-corrected chi connectivity index (χ3v) is 6.30. The van der Waals surface area contributed by atoms with Crippen LogP contribution in [0.1, 0.15) is 25.0 Å². The van der Waals surface area contributed by atoms with Crippen LogP contribution in [0.2, 0.25) is 0 Å². The SMILES string of the molecule is Cc1cccc(-n2c(SCC(=O)N(C)C(C)(C)C#N)nc3ccccc3c2=O)c1C. The lowest BCUT2D eigenvalue weighted by atomic mass is 10.1. The fourth-order valence-electron chi connectivity index (χ4n) is 3.01. The van der Waals surface area contributed by atoms with Crippen LogP contribution in [0.3, 0.4) is 0 Å². The van der Waals surface area contributed by atoms with Crippen LogP contribution in [0, 0.1) is 25.2 Å². The quantitative estimate of drug-likeness (QED) is 0.463. The first kappa shape index (κ1) is 21.6. The van der Waals surface area contributed by atoms with E-state index in [1.165, 1.54) is 16.7 Å². The van der Waals surface area contributed by atoms with E-state index in [0.29, 0.717) is 16.1 Å². The van der Waals surface area contributed by atoms with Gasteiger partial charge in [0.15, 0.2) is 5.16 Å². The predicted octanol–water partition coefficient (Wildman–Crippen LogP) is 3.86. The molecule has 3 aromatic rings. The molecule has 0 radical (unpaired) electrons. The highest BCUT2D eigenvalue weighted by molar-refractivity contribution is 7.99. The van der Waals surface area contributed by atoms with Crippen molar-refractivity contribution < 1.29 is 4.79 Å². The van der Waals surface area contributed by atoms with E-state index >= 15 is 0 Å². The Bertz CT molecular complexity index is 1220. The van der Waals surface area contributed by atoms with Gasteiger partial charge in [0.05, 0.1) is 28.4 Å². The highest BCUT2D eigenvalue weighted by Crippen LogP contribution is 2.25. The summed E-state index contributed by atoms with van der Waals surface area (Å²) in [5.41, 5.74) is 2.29. The summed E-state index contributed by atoms with van der Waals surface area (Å²) in [6, 6.07) is 15.1. The number of rotatable bonds is 5. The Morgan fingerprint density at radius 3 is 2.60 bits per heavy atom. The lowest BCUT2D eigenvalue weighted by Crippen LogP contribution is -2.44. The van der Waals surface area contributed by atoms with E-state index in [4.69, 9.17) is 0 Å². The zero-order chi connectivity index (χ0) is 22.1. The number of carbonyl (C=O) groups excluding carboxylic acids is 1. The van der Waals surface area contributed by atoms with E-state index in [-0.39, 0.29) is 17.2 Å². The van der Waals surface area contributed by atoms with Gasteiger partial charge in [0.25, 0.3) is 5.56 Å². The molecular formula is C23H24N4O2S. The number of amides is 1. The van der Waals surface area contributed by atoms with Crippen molar-refractivity contribution in [3.05, 3.63) is 63.9 Å². The largest absolute Gasteiger partial charge is 0.327 e. The number of thioether (sulfide) groups is 1. The van der Waals surface area contributed by atoms with Crippen molar-refractivity contribution in [2.75, 3.05) is 12.8 Å². The molecule has 30 heavy (non-hydrogen) atoms. The average Bonchev–Trinajstić information content (AvgIpc) is 2.74. The number of para-hydroxylation sites is 1. The Hall–Kier alpha value is -3.11. The molecule has 0 N–H and O–H groups in total. The number of aryl methyl sites for hydroxylation is 1. The number of carbonyl (C=O) groups is 1. The minimum absolute atomic E-state index is 0.0667. The lowest BCUT2D eigenvalue weighted by molar-refractivity contribution is -0.130. The van der Waals surface area contributed by atoms with Crippen LogP contribution >= 0.6 is 11.8 Å². The fraction of sp³-hybridized carbons (Fsp3) is 0.304. The van der Waals surface area contributed by atoms with Gasteiger partial charge in [0, 0.05) is 7.05 Å². The van der Waals surface area contributed by atoms with E-state index in [1.54, 1.807) is 37.6 Å². The van der Waals surface area contributed by atoms with E-state index < -0.39 is 5.54 Å². The van der Waals surface area contributed by atoms with Gasteiger partial charge in [-0.15, -0.1) is 0 Å². The third kappa shape index (κ3) is 3.96. The maximum Gasteiger partial charge on any atom is 0.266 e. The van der Waals surface area contributed by atoms with Crippen LogP contribution < -0.4 is 5.56 Å². The molecule has 0 aliphatic carbocycles. The zero-order valence-corrected chi connectivity index (χ0v) is 18.6. The van der Waals surface area contributed by atoms with Crippen molar-refractivity contribution in [2.24, 2.45) is 0 Å². The molecule has 0 spiro atoms. The first-order valence-electron chi connectivity index (χ1n) is 9.56. The molecule has 2 aromatic carbocycles. The van der Waals surface area contributed by atoms with Crippen LogP contribution in [0.4, 0.5) is 0 Å². The van der Waals surface area contributed by atoms with Gasteiger partial charge in [0.1, 0.15) is 5.54 Å². The topological polar surface area (TPSA) is 79.0 Å². The van der Waals surface area contributed by atoms with E-state index in [9.17, 15) is 14.9 Å². The van der Waals surface area contributed by atoms with Gasteiger partial charge in [-0.3, -0.25) is 14.2 Å². The van der Waals surface area contributed by atoms with Crippen LogP contribution in [0.5, 0.6) is 0 Å². The minimum atomic E-state index is -0.915. The molecule has 0 aliphatic rings. The molecule has 0 bridgehead atoms. The predicted molar refractivity (Wildman–Crippen MR) is 120 cm³/mol. The molecule has 7 heteroatoms. The van der Waals surface area contributed by atoms with Gasteiger partial charge in [-0.05, 0) is 57.0 Å². The van der Waals surface area contributed by atoms with Crippen molar-refractivity contribution >= 4 is 28.6 Å². The maximum atomic E-state index is 13.4. The monoisotopic (exact) mass is 420 g/mol. The molecule has 0 fully saturated rings. The number of aromatic nitrogens is 2. The Kier molecular flexibility index (Phi) is 5.99. The molecule has 1 heterocycles. The van der Waals surface area contributed by atoms with Crippen LogP contribution in [-0.4, -0.2) is 38.7 Å². The number of benzene rings is 2. The number of nitriles is 1. The maximum absolute atomic E-state index is 13.4. The summed E-state index contributed by atoms with van der Waals surface area (Å²) in [4.78, 5) is 32.2. The standard InChI is InChI=1S/C23H24N4O2S/c1-15-9-8-12-19(16(15)2)27-21(29)17-10-6-7-11-18(17)25-22(27)30-13-20(28)26(5)23(3,4)14-24/h6-12H,13H2,1-5H3. The highest BCUT2D eigenvalue weighted by Gasteiger charge is 2.27. The number of nitrogens with zero attached hydrogens (tertiary/aromatic N) is 4. The summed E-state index contributed by atoms with van der Waals surface area (Å²) in [6.45, 7) is 7.34. The molecule has 0 aliphatic heterocycles. The van der Waals surface area contributed by atoms with E-state index in [2.05, 4.69) is 11.1 Å². The second-order valence-electron chi connectivity index (χ2n) is 7.68. The summed E-state index contributed by atoms with van der Waals surface area (Å²) in [7, 11) is 1.61. The Morgan fingerprint density at radius 1 is 1.20 bits per heavy atom. The Labute approximate surface area is 180 Å².